The number of rotatable bonds is 9. The van der Waals surface area contributed by atoms with Crippen molar-refractivity contribution in [3.05, 3.63) is 96.6 Å². The van der Waals surface area contributed by atoms with Gasteiger partial charge in [-0.25, -0.2) is 4.79 Å². The molecule has 0 aliphatic heterocycles. The van der Waals surface area contributed by atoms with Crippen LogP contribution in [-0.4, -0.2) is 33.1 Å². The lowest BCUT2D eigenvalue weighted by molar-refractivity contribution is 0.0697. The Balaban J connectivity index is 1.40. The molecule has 0 bridgehead atoms. The number of carbonyl (C=O) groups is 1. The Kier molecular flexibility index (Phi) is 6.87. The normalized spacial score (nSPS) is 11.7. The first-order chi connectivity index (χ1) is 16.0. The highest BCUT2D eigenvalue weighted by Gasteiger charge is 2.13. The van der Waals surface area contributed by atoms with Crippen LogP contribution >= 0.6 is 0 Å². The van der Waals surface area contributed by atoms with Gasteiger partial charge in [0.1, 0.15) is 24.7 Å². The van der Waals surface area contributed by atoms with E-state index < -0.39 is 17.2 Å². The van der Waals surface area contributed by atoms with Gasteiger partial charge < -0.3 is 19.1 Å². The Morgan fingerprint density at radius 1 is 0.818 bits per heavy atom. The fraction of sp³-hybridized carbons (Fsp3) is 0.0800. The maximum absolute atomic E-state index is 12.1. The molecule has 0 aromatic heterocycles. The molecule has 8 heteroatoms. The van der Waals surface area contributed by atoms with Crippen molar-refractivity contribution in [3.63, 3.8) is 0 Å². The van der Waals surface area contributed by atoms with Crippen LogP contribution in [-0.2, 0) is 11.3 Å². The molecule has 0 amide bonds. The van der Waals surface area contributed by atoms with Crippen molar-refractivity contribution in [2.45, 2.75) is 0 Å². The Labute approximate surface area is 193 Å². The van der Waals surface area contributed by atoms with E-state index in [-0.39, 0.29) is 18.8 Å². The molecule has 1 unspecified atom stereocenters. The molecular formula is C25H20NO6S-. The highest BCUT2D eigenvalue weighted by molar-refractivity contribution is 7.81. The summed E-state index contributed by atoms with van der Waals surface area (Å²) in [4.78, 5) is 10.9. The quantitative estimate of drug-likeness (QED) is 0.280. The predicted molar refractivity (Wildman–Crippen MR) is 126 cm³/mol. The van der Waals surface area contributed by atoms with Crippen LogP contribution in [0.3, 0.4) is 0 Å². The lowest BCUT2D eigenvalue weighted by Crippen LogP contribution is -2.19. The third-order valence-electron chi connectivity index (χ3n) is 4.93. The van der Waals surface area contributed by atoms with E-state index in [2.05, 4.69) is 0 Å². The Morgan fingerprint density at radius 3 is 2.00 bits per heavy atom. The van der Waals surface area contributed by atoms with Gasteiger partial charge >= 0.3 is 5.97 Å². The van der Waals surface area contributed by atoms with Crippen molar-refractivity contribution in [1.82, 2.24) is 0 Å². The summed E-state index contributed by atoms with van der Waals surface area (Å²) in [5, 5.41) is 10.7. The van der Waals surface area contributed by atoms with Gasteiger partial charge in [-0.05, 0) is 60.0 Å². The molecule has 0 aliphatic rings. The zero-order valence-electron chi connectivity index (χ0n) is 17.4. The standard InChI is InChI=1S/C25H21NO6S/c27-25(28)19-8-12-21(13-9-19)31-16-17-32-22-14-10-20(11-15-22)26(33(29)30)24-7-3-5-18-4-1-2-6-23(18)24/h1-15H,16-17H2,(H,27,28)(H,29,30)/p-1. The smallest absolute Gasteiger partial charge is 0.335 e. The van der Waals surface area contributed by atoms with E-state index >= 15 is 0 Å². The highest BCUT2D eigenvalue weighted by atomic mass is 32.2. The zero-order chi connectivity index (χ0) is 23.2. The first-order valence-corrected chi connectivity index (χ1v) is 11.1. The van der Waals surface area contributed by atoms with Gasteiger partial charge in [0.25, 0.3) is 0 Å². The van der Waals surface area contributed by atoms with Crippen molar-refractivity contribution < 1.29 is 28.1 Å². The number of hydrogen-bond acceptors (Lipinski definition) is 5. The number of carboxylic acids is 1. The summed E-state index contributed by atoms with van der Waals surface area (Å²) in [7, 11) is 0. The van der Waals surface area contributed by atoms with E-state index in [0.717, 1.165) is 10.8 Å². The van der Waals surface area contributed by atoms with Gasteiger partial charge in [-0.15, -0.1) is 0 Å². The monoisotopic (exact) mass is 462 g/mol. The minimum Gasteiger partial charge on any atom is -0.755 e. The molecule has 4 aromatic rings. The summed E-state index contributed by atoms with van der Waals surface area (Å²) in [6, 6.07) is 26.0. The fourth-order valence-corrected chi connectivity index (χ4v) is 4.00. The second kappa shape index (κ2) is 10.2. The van der Waals surface area contributed by atoms with E-state index in [1.54, 1.807) is 42.5 Å². The second-order valence-electron chi connectivity index (χ2n) is 7.03. The summed E-state index contributed by atoms with van der Waals surface area (Å²) in [5.41, 5.74) is 1.24. The van der Waals surface area contributed by atoms with Crippen LogP contribution < -0.4 is 13.8 Å². The Hall–Kier alpha value is -3.88. The van der Waals surface area contributed by atoms with Crippen molar-refractivity contribution >= 4 is 39.4 Å². The number of anilines is 2. The van der Waals surface area contributed by atoms with E-state index in [0.29, 0.717) is 22.9 Å². The third kappa shape index (κ3) is 5.31. The van der Waals surface area contributed by atoms with Gasteiger partial charge in [-0.1, -0.05) is 36.4 Å². The largest absolute Gasteiger partial charge is 0.755 e. The number of nitrogens with zero attached hydrogens (tertiary/aromatic N) is 1. The second-order valence-corrected chi connectivity index (χ2v) is 7.83. The summed E-state index contributed by atoms with van der Waals surface area (Å²) in [6.07, 6.45) is 0. The number of hydrogen-bond donors (Lipinski definition) is 1. The topological polar surface area (TPSA) is 99.1 Å². The Morgan fingerprint density at radius 2 is 1.39 bits per heavy atom. The van der Waals surface area contributed by atoms with Gasteiger partial charge in [0, 0.05) is 5.39 Å². The molecule has 0 fully saturated rings. The summed E-state index contributed by atoms with van der Waals surface area (Å²) < 4.78 is 36.6. The summed E-state index contributed by atoms with van der Waals surface area (Å²) in [6.45, 7) is 0.529. The molecule has 0 aliphatic carbocycles. The average Bonchev–Trinajstić information content (AvgIpc) is 2.83. The number of ether oxygens (including phenoxy) is 2. The molecule has 1 atom stereocenters. The molecule has 0 saturated heterocycles. The minimum absolute atomic E-state index is 0.190. The molecular weight excluding hydrogens is 442 g/mol. The first-order valence-electron chi connectivity index (χ1n) is 10.1. The number of carboxylic acid groups (broad SMARTS) is 1. The SMILES string of the molecule is O=C(O)c1ccc(OCCOc2ccc(N(c3cccc4ccccc34)S(=O)[O-])cc2)cc1. The van der Waals surface area contributed by atoms with E-state index in [1.807, 2.05) is 36.4 Å². The first kappa shape index (κ1) is 22.3. The zero-order valence-corrected chi connectivity index (χ0v) is 18.2. The molecule has 1 N–H and O–H groups in total. The number of aromatic carboxylic acids is 1. The molecule has 168 valence electrons. The van der Waals surface area contributed by atoms with Crippen molar-refractivity contribution in [3.8, 4) is 11.5 Å². The van der Waals surface area contributed by atoms with E-state index in [9.17, 15) is 13.6 Å². The molecule has 7 nitrogen and oxygen atoms in total. The van der Waals surface area contributed by atoms with Crippen LogP contribution in [0.4, 0.5) is 11.4 Å². The summed E-state index contributed by atoms with van der Waals surface area (Å²) >= 11 is -2.51. The van der Waals surface area contributed by atoms with Gasteiger partial charge in [0.05, 0.1) is 28.2 Å². The van der Waals surface area contributed by atoms with Gasteiger partial charge in [0.15, 0.2) is 0 Å². The molecule has 0 heterocycles. The molecule has 0 radical (unpaired) electrons. The fourth-order valence-electron chi connectivity index (χ4n) is 3.38. The number of fused-ring (bicyclic) bond motifs is 1. The minimum atomic E-state index is -2.51. The van der Waals surface area contributed by atoms with Gasteiger partial charge in [-0.2, -0.15) is 0 Å². The maximum atomic E-state index is 12.1. The Bertz CT molecular complexity index is 1270. The lowest BCUT2D eigenvalue weighted by Gasteiger charge is -2.27. The molecule has 33 heavy (non-hydrogen) atoms. The summed E-state index contributed by atoms with van der Waals surface area (Å²) in [5.74, 6) is 0.119. The van der Waals surface area contributed by atoms with Crippen LogP contribution in [0.1, 0.15) is 10.4 Å². The van der Waals surface area contributed by atoms with Crippen LogP contribution in [0.25, 0.3) is 10.8 Å². The molecule has 4 aromatic carbocycles. The van der Waals surface area contributed by atoms with Gasteiger partial charge in [-0.3, -0.25) is 8.51 Å². The van der Waals surface area contributed by atoms with E-state index in [4.69, 9.17) is 14.6 Å². The maximum Gasteiger partial charge on any atom is 0.335 e. The lowest BCUT2D eigenvalue weighted by atomic mass is 10.1. The van der Waals surface area contributed by atoms with Crippen LogP contribution in [0, 0.1) is 0 Å². The van der Waals surface area contributed by atoms with Crippen molar-refractivity contribution in [2.24, 2.45) is 0 Å². The molecule has 0 spiro atoms. The predicted octanol–water partition coefficient (Wildman–Crippen LogP) is 4.93. The molecule has 4 rings (SSSR count). The van der Waals surface area contributed by atoms with Crippen LogP contribution in [0.2, 0.25) is 0 Å². The van der Waals surface area contributed by atoms with Crippen molar-refractivity contribution in [1.29, 1.82) is 0 Å². The highest BCUT2D eigenvalue weighted by Crippen LogP contribution is 2.34. The third-order valence-corrected chi connectivity index (χ3v) is 5.63. The van der Waals surface area contributed by atoms with Crippen molar-refractivity contribution in [2.75, 3.05) is 17.5 Å². The average molecular weight is 463 g/mol. The van der Waals surface area contributed by atoms with Crippen LogP contribution in [0.5, 0.6) is 11.5 Å². The van der Waals surface area contributed by atoms with Gasteiger partial charge in [0.2, 0.25) is 0 Å². The molecule has 0 saturated carbocycles. The number of benzene rings is 4. The van der Waals surface area contributed by atoms with E-state index in [1.165, 1.54) is 16.4 Å². The van der Waals surface area contributed by atoms with Crippen LogP contribution in [0.15, 0.2) is 91.0 Å².